The first-order chi connectivity index (χ1) is 9.74. The minimum Gasteiger partial charge on any atom is -0.309 e. The van der Waals surface area contributed by atoms with Gasteiger partial charge >= 0.3 is 0 Å². The summed E-state index contributed by atoms with van der Waals surface area (Å²) in [5.41, 5.74) is 3.12. The Bertz CT molecular complexity index is 444. The van der Waals surface area contributed by atoms with E-state index in [0.29, 0.717) is 6.04 Å². The van der Waals surface area contributed by atoms with Gasteiger partial charge in [-0.25, -0.2) is 0 Å². The van der Waals surface area contributed by atoms with Gasteiger partial charge in [0, 0.05) is 32.2 Å². The van der Waals surface area contributed by atoms with Crippen LogP contribution in [-0.2, 0) is 6.54 Å². The first kappa shape index (κ1) is 14.1. The van der Waals surface area contributed by atoms with E-state index in [0.717, 1.165) is 6.54 Å². The summed E-state index contributed by atoms with van der Waals surface area (Å²) < 4.78 is 0. The third kappa shape index (κ3) is 3.05. The third-order valence-corrected chi connectivity index (χ3v) is 4.69. The van der Waals surface area contributed by atoms with Gasteiger partial charge in [-0.1, -0.05) is 24.3 Å². The highest BCUT2D eigenvalue weighted by Gasteiger charge is 2.34. The molecule has 3 rings (SSSR count). The Morgan fingerprint density at radius 2 is 2.00 bits per heavy atom. The monoisotopic (exact) mass is 273 g/mol. The number of unbranched alkanes of at least 4 members (excludes halogenated alkanes) is 1. The Labute approximate surface area is 123 Å². The Morgan fingerprint density at radius 1 is 1.15 bits per heavy atom. The molecule has 110 valence electrons. The van der Waals surface area contributed by atoms with Gasteiger partial charge < -0.3 is 9.80 Å². The van der Waals surface area contributed by atoms with Crippen molar-refractivity contribution in [1.82, 2.24) is 14.7 Å². The molecule has 0 aromatic heterocycles. The summed E-state index contributed by atoms with van der Waals surface area (Å²) in [6.07, 6.45) is 2.64. The van der Waals surface area contributed by atoms with E-state index in [2.05, 4.69) is 53.1 Å². The zero-order chi connectivity index (χ0) is 13.9. The van der Waals surface area contributed by atoms with Crippen LogP contribution >= 0.6 is 0 Å². The van der Waals surface area contributed by atoms with Gasteiger partial charge in [0.25, 0.3) is 0 Å². The second-order valence-electron chi connectivity index (χ2n) is 6.50. The van der Waals surface area contributed by atoms with Crippen molar-refractivity contribution in [2.24, 2.45) is 0 Å². The molecular formula is C17H27N3. The summed E-state index contributed by atoms with van der Waals surface area (Å²) in [5.74, 6) is 0. The quantitative estimate of drug-likeness (QED) is 0.762. The molecule has 0 bridgehead atoms. The predicted molar refractivity (Wildman–Crippen MR) is 83.8 cm³/mol. The third-order valence-electron chi connectivity index (χ3n) is 4.69. The molecule has 2 aliphatic heterocycles. The van der Waals surface area contributed by atoms with Crippen molar-refractivity contribution in [2.45, 2.75) is 25.4 Å². The first-order valence-electron chi connectivity index (χ1n) is 7.93. The van der Waals surface area contributed by atoms with Crippen LogP contribution in [0.3, 0.4) is 0 Å². The van der Waals surface area contributed by atoms with E-state index in [1.54, 1.807) is 11.1 Å². The smallest absolute Gasteiger partial charge is 0.0482 e. The highest BCUT2D eigenvalue weighted by atomic mass is 15.3. The normalized spacial score (nSPS) is 23.1. The lowest BCUT2D eigenvalue weighted by atomic mass is 10.0. The van der Waals surface area contributed by atoms with Crippen molar-refractivity contribution in [3.8, 4) is 0 Å². The molecule has 1 fully saturated rings. The minimum atomic E-state index is 0.647. The maximum Gasteiger partial charge on any atom is 0.0482 e. The van der Waals surface area contributed by atoms with Gasteiger partial charge in [-0.2, -0.15) is 0 Å². The summed E-state index contributed by atoms with van der Waals surface area (Å²) >= 11 is 0. The van der Waals surface area contributed by atoms with Crippen molar-refractivity contribution >= 4 is 0 Å². The SMILES string of the molecule is CN(C)CCCCN1CCN2Cc3ccccc3C2C1. The lowest BCUT2D eigenvalue weighted by Gasteiger charge is -2.37. The minimum absolute atomic E-state index is 0.647. The van der Waals surface area contributed by atoms with Gasteiger partial charge in [0.2, 0.25) is 0 Å². The van der Waals surface area contributed by atoms with E-state index in [-0.39, 0.29) is 0 Å². The molecule has 2 aliphatic rings. The summed E-state index contributed by atoms with van der Waals surface area (Å²) in [4.78, 5) is 7.60. The number of benzene rings is 1. The predicted octanol–water partition coefficient (Wildman–Crippen LogP) is 2.20. The van der Waals surface area contributed by atoms with Crippen molar-refractivity contribution in [1.29, 1.82) is 0 Å². The van der Waals surface area contributed by atoms with Crippen LogP contribution in [0, 0.1) is 0 Å². The van der Waals surface area contributed by atoms with Gasteiger partial charge in [-0.15, -0.1) is 0 Å². The standard InChI is InChI=1S/C17H27N3/c1-18(2)9-5-6-10-19-11-12-20-13-15-7-3-4-8-16(15)17(20)14-19/h3-4,7-8,17H,5-6,9-14H2,1-2H3. The topological polar surface area (TPSA) is 9.72 Å². The van der Waals surface area contributed by atoms with E-state index in [1.807, 2.05) is 0 Å². The fourth-order valence-electron chi connectivity index (χ4n) is 3.55. The molecule has 0 N–H and O–H groups in total. The maximum atomic E-state index is 2.67. The van der Waals surface area contributed by atoms with Gasteiger partial charge in [0.1, 0.15) is 0 Å². The average Bonchev–Trinajstić information content (AvgIpc) is 2.81. The van der Waals surface area contributed by atoms with Crippen molar-refractivity contribution in [3.05, 3.63) is 35.4 Å². The largest absolute Gasteiger partial charge is 0.309 e. The van der Waals surface area contributed by atoms with Crippen molar-refractivity contribution in [2.75, 3.05) is 46.8 Å². The highest BCUT2D eigenvalue weighted by Crippen LogP contribution is 2.35. The van der Waals surface area contributed by atoms with Gasteiger partial charge in [0.15, 0.2) is 0 Å². The molecule has 1 aromatic carbocycles. The molecule has 0 saturated carbocycles. The van der Waals surface area contributed by atoms with E-state index < -0.39 is 0 Å². The summed E-state index contributed by atoms with van der Waals surface area (Å²) in [6, 6.07) is 9.65. The molecule has 0 amide bonds. The average molecular weight is 273 g/mol. The number of hydrogen-bond donors (Lipinski definition) is 0. The summed E-state index contributed by atoms with van der Waals surface area (Å²) in [5, 5.41) is 0. The van der Waals surface area contributed by atoms with Gasteiger partial charge in [-0.3, -0.25) is 4.90 Å². The van der Waals surface area contributed by atoms with Crippen LogP contribution in [0.1, 0.15) is 30.0 Å². The van der Waals surface area contributed by atoms with Crippen LogP contribution in [0.15, 0.2) is 24.3 Å². The van der Waals surface area contributed by atoms with Crippen LogP contribution < -0.4 is 0 Å². The molecule has 2 heterocycles. The van der Waals surface area contributed by atoms with Crippen LogP contribution in [0.25, 0.3) is 0 Å². The summed E-state index contributed by atoms with van der Waals surface area (Å²) in [6.45, 7) is 7.33. The van der Waals surface area contributed by atoms with Crippen molar-refractivity contribution in [3.63, 3.8) is 0 Å². The fraction of sp³-hybridized carbons (Fsp3) is 0.647. The van der Waals surface area contributed by atoms with Crippen LogP contribution in [0.4, 0.5) is 0 Å². The van der Waals surface area contributed by atoms with Crippen molar-refractivity contribution < 1.29 is 0 Å². The van der Waals surface area contributed by atoms with E-state index in [4.69, 9.17) is 0 Å². The fourth-order valence-corrected chi connectivity index (χ4v) is 3.55. The van der Waals surface area contributed by atoms with Crippen LogP contribution in [-0.4, -0.2) is 61.5 Å². The number of rotatable bonds is 5. The van der Waals surface area contributed by atoms with Gasteiger partial charge in [-0.05, 0) is 51.2 Å². The Morgan fingerprint density at radius 3 is 2.85 bits per heavy atom. The number of nitrogens with zero attached hydrogens (tertiary/aromatic N) is 3. The van der Waals surface area contributed by atoms with Crippen LogP contribution in [0.2, 0.25) is 0 Å². The molecule has 0 aliphatic carbocycles. The van der Waals surface area contributed by atoms with E-state index >= 15 is 0 Å². The van der Waals surface area contributed by atoms with E-state index in [9.17, 15) is 0 Å². The first-order valence-corrected chi connectivity index (χ1v) is 7.93. The molecule has 0 spiro atoms. The Kier molecular flexibility index (Phi) is 4.39. The molecule has 1 saturated heterocycles. The zero-order valence-electron chi connectivity index (χ0n) is 12.9. The molecule has 1 atom stereocenters. The second kappa shape index (κ2) is 6.25. The molecule has 3 heteroatoms. The molecule has 0 radical (unpaired) electrons. The number of piperazine rings is 1. The maximum absolute atomic E-state index is 2.67. The summed E-state index contributed by atoms with van der Waals surface area (Å²) in [7, 11) is 4.32. The van der Waals surface area contributed by atoms with E-state index in [1.165, 1.54) is 45.6 Å². The Balaban J connectivity index is 1.53. The molecule has 1 unspecified atom stereocenters. The molecule has 3 nitrogen and oxygen atoms in total. The lowest BCUT2D eigenvalue weighted by Crippen LogP contribution is -2.45. The van der Waals surface area contributed by atoms with Gasteiger partial charge in [0.05, 0.1) is 0 Å². The van der Waals surface area contributed by atoms with Crippen LogP contribution in [0.5, 0.6) is 0 Å². The molecule has 20 heavy (non-hydrogen) atoms. The molecule has 1 aromatic rings. The second-order valence-corrected chi connectivity index (χ2v) is 6.50. The molecular weight excluding hydrogens is 246 g/mol. The lowest BCUT2D eigenvalue weighted by molar-refractivity contribution is 0.0819. The zero-order valence-corrected chi connectivity index (χ0v) is 12.9. The number of fused-ring (bicyclic) bond motifs is 3. The number of hydrogen-bond acceptors (Lipinski definition) is 3. The highest BCUT2D eigenvalue weighted by molar-refractivity contribution is 5.34. The Hall–Kier alpha value is -0.900.